The molecular weight excluding hydrogens is 258 g/mol. The van der Waals surface area contributed by atoms with Gasteiger partial charge in [-0.15, -0.1) is 11.6 Å². The molecule has 1 aliphatic carbocycles. The summed E-state index contributed by atoms with van der Waals surface area (Å²) >= 11 is 5.82. The SMILES string of the molecule is CCCCN(CCCl)C(=O)C1Cc2ccccc2C1. The monoisotopic (exact) mass is 279 g/mol. The standard InChI is InChI=1S/C16H22ClNO/c1-2-3-9-18(10-8-17)16(19)15-11-13-6-4-5-7-14(13)12-15/h4-7,15H,2-3,8-12H2,1H3. The van der Waals surface area contributed by atoms with E-state index in [1.54, 1.807) is 0 Å². The number of amides is 1. The molecule has 2 nitrogen and oxygen atoms in total. The smallest absolute Gasteiger partial charge is 0.226 e. The predicted molar refractivity (Wildman–Crippen MR) is 79.5 cm³/mol. The molecule has 0 bridgehead atoms. The summed E-state index contributed by atoms with van der Waals surface area (Å²) in [7, 11) is 0. The Morgan fingerprint density at radius 3 is 2.42 bits per heavy atom. The van der Waals surface area contributed by atoms with Gasteiger partial charge in [-0.25, -0.2) is 0 Å². The Balaban J connectivity index is 1.99. The van der Waals surface area contributed by atoms with Gasteiger partial charge < -0.3 is 4.90 Å². The number of benzene rings is 1. The molecule has 104 valence electrons. The van der Waals surface area contributed by atoms with Crippen molar-refractivity contribution in [2.24, 2.45) is 5.92 Å². The van der Waals surface area contributed by atoms with E-state index in [2.05, 4.69) is 31.2 Å². The summed E-state index contributed by atoms with van der Waals surface area (Å²) < 4.78 is 0. The lowest BCUT2D eigenvalue weighted by Gasteiger charge is -2.24. The minimum absolute atomic E-state index is 0.123. The third-order valence-corrected chi connectivity index (χ3v) is 4.02. The maximum Gasteiger partial charge on any atom is 0.226 e. The third-order valence-electron chi connectivity index (χ3n) is 3.85. The minimum Gasteiger partial charge on any atom is -0.341 e. The minimum atomic E-state index is 0.123. The molecule has 0 saturated carbocycles. The molecule has 1 amide bonds. The molecule has 3 heteroatoms. The fourth-order valence-corrected chi connectivity index (χ4v) is 2.98. The van der Waals surface area contributed by atoms with Crippen molar-refractivity contribution in [1.82, 2.24) is 4.90 Å². The molecule has 0 N–H and O–H groups in total. The van der Waals surface area contributed by atoms with Crippen LogP contribution in [0.15, 0.2) is 24.3 Å². The summed E-state index contributed by atoms with van der Waals surface area (Å²) in [6.07, 6.45) is 3.94. The van der Waals surface area contributed by atoms with Crippen LogP contribution >= 0.6 is 11.6 Å². The Kier molecular flexibility index (Phi) is 5.26. The first-order valence-corrected chi connectivity index (χ1v) is 7.71. The summed E-state index contributed by atoms with van der Waals surface area (Å²) in [6.45, 7) is 3.66. The molecule has 0 radical (unpaired) electrons. The molecule has 1 aromatic carbocycles. The quantitative estimate of drug-likeness (QED) is 0.732. The summed E-state index contributed by atoms with van der Waals surface area (Å²) in [5, 5.41) is 0. The molecule has 0 heterocycles. The van der Waals surface area contributed by atoms with Crippen molar-refractivity contribution < 1.29 is 4.79 Å². The van der Waals surface area contributed by atoms with E-state index in [0.717, 1.165) is 32.2 Å². The number of halogens is 1. The number of hydrogen-bond donors (Lipinski definition) is 0. The first-order valence-electron chi connectivity index (χ1n) is 7.17. The fourth-order valence-electron chi connectivity index (χ4n) is 2.77. The third kappa shape index (κ3) is 3.50. The Hall–Kier alpha value is -1.02. The van der Waals surface area contributed by atoms with Crippen molar-refractivity contribution >= 4 is 17.5 Å². The summed E-state index contributed by atoms with van der Waals surface area (Å²) in [6, 6.07) is 8.39. The van der Waals surface area contributed by atoms with Crippen LogP contribution in [0, 0.1) is 5.92 Å². The molecule has 0 aliphatic heterocycles. The second kappa shape index (κ2) is 6.95. The maximum absolute atomic E-state index is 12.6. The zero-order valence-electron chi connectivity index (χ0n) is 11.6. The Bertz CT molecular complexity index is 408. The van der Waals surface area contributed by atoms with Crippen LogP contribution in [0.2, 0.25) is 0 Å². The molecule has 0 unspecified atom stereocenters. The fraction of sp³-hybridized carbons (Fsp3) is 0.562. The number of carbonyl (C=O) groups is 1. The van der Waals surface area contributed by atoms with E-state index in [0.29, 0.717) is 12.4 Å². The Labute approximate surface area is 120 Å². The van der Waals surface area contributed by atoms with Crippen LogP contribution in [0.3, 0.4) is 0 Å². The number of fused-ring (bicyclic) bond motifs is 1. The van der Waals surface area contributed by atoms with E-state index in [-0.39, 0.29) is 11.8 Å². The molecule has 0 aromatic heterocycles. The summed E-state index contributed by atoms with van der Waals surface area (Å²) in [5.41, 5.74) is 2.67. The topological polar surface area (TPSA) is 20.3 Å². The molecule has 0 spiro atoms. The first-order chi connectivity index (χ1) is 9.26. The zero-order valence-corrected chi connectivity index (χ0v) is 12.3. The van der Waals surface area contributed by atoms with Crippen LogP contribution in [0.4, 0.5) is 0 Å². The van der Waals surface area contributed by atoms with E-state index >= 15 is 0 Å². The first kappa shape index (κ1) is 14.4. The van der Waals surface area contributed by atoms with Crippen molar-refractivity contribution in [1.29, 1.82) is 0 Å². The van der Waals surface area contributed by atoms with Crippen LogP contribution in [-0.4, -0.2) is 29.8 Å². The van der Waals surface area contributed by atoms with Crippen LogP contribution in [0.25, 0.3) is 0 Å². The van der Waals surface area contributed by atoms with E-state index in [1.807, 2.05) is 4.90 Å². The van der Waals surface area contributed by atoms with Crippen molar-refractivity contribution in [3.63, 3.8) is 0 Å². The summed E-state index contributed by atoms with van der Waals surface area (Å²) in [4.78, 5) is 14.5. The van der Waals surface area contributed by atoms with Crippen molar-refractivity contribution in [3.8, 4) is 0 Å². The van der Waals surface area contributed by atoms with E-state index in [9.17, 15) is 4.79 Å². The second-order valence-corrected chi connectivity index (χ2v) is 5.62. The number of nitrogens with zero attached hydrogens (tertiary/aromatic N) is 1. The Morgan fingerprint density at radius 1 is 1.26 bits per heavy atom. The molecule has 2 rings (SSSR count). The number of carbonyl (C=O) groups excluding carboxylic acids is 1. The number of unbranched alkanes of at least 4 members (excludes halogenated alkanes) is 1. The normalized spacial score (nSPS) is 14.4. The lowest BCUT2D eigenvalue weighted by molar-refractivity contribution is -0.135. The highest BCUT2D eigenvalue weighted by Crippen LogP contribution is 2.27. The molecule has 1 aromatic rings. The van der Waals surface area contributed by atoms with Gasteiger partial charge in [-0.05, 0) is 30.4 Å². The number of rotatable bonds is 6. The van der Waals surface area contributed by atoms with Gasteiger partial charge in [0, 0.05) is 24.9 Å². The molecule has 19 heavy (non-hydrogen) atoms. The second-order valence-electron chi connectivity index (χ2n) is 5.24. The highest BCUT2D eigenvalue weighted by atomic mass is 35.5. The lowest BCUT2D eigenvalue weighted by Crippen LogP contribution is -2.38. The van der Waals surface area contributed by atoms with Crippen LogP contribution in [-0.2, 0) is 17.6 Å². The zero-order chi connectivity index (χ0) is 13.7. The average molecular weight is 280 g/mol. The lowest BCUT2D eigenvalue weighted by atomic mass is 10.0. The van der Waals surface area contributed by atoms with Crippen LogP contribution < -0.4 is 0 Å². The number of hydrogen-bond acceptors (Lipinski definition) is 1. The van der Waals surface area contributed by atoms with Gasteiger partial charge >= 0.3 is 0 Å². The highest BCUT2D eigenvalue weighted by Gasteiger charge is 2.29. The molecule has 1 aliphatic rings. The van der Waals surface area contributed by atoms with Crippen molar-refractivity contribution in [3.05, 3.63) is 35.4 Å². The van der Waals surface area contributed by atoms with Gasteiger partial charge in [0.15, 0.2) is 0 Å². The van der Waals surface area contributed by atoms with Gasteiger partial charge in [0.1, 0.15) is 0 Å². The molecule has 0 saturated heterocycles. The van der Waals surface area contributed by atoms with E-state index in [1.165, 1.54) is 11.1 Å². The average Bonchev–Trinajstić information content (AvgIpc) is 2.86. The molecule has 0 atom stereocenters. The van der Waals surface area contributed by atoms with Gasteiger partial charge in [0.05, 0.1) is 0 Å². The van der Waals surface area contributed by atoms with Crippen LogP contribution in [0.5, 0.6) is 0 Å². The largest absolute Gasteiger partial charge is 0.341 e. The molecular formula is C16H22ClNO. The van der Waals surface area contributed by atoms with Crippen LogP contribution in [0.1, 0.15) is 30.9 Å². The van der Waals surface area contributed by atoms with Gasteiger partial charge in [-0.3, -0.25) is 4.79 Å². The van der Waals surface area contributed by atoms with Gasteiger partial charge in [0.2, 0.25) is 5.91 Å². The van der Waals surface area contributed by atoms with E-state index < -0.39 is 0 Å². The Morgan fingerprint density at radius 2 is 1.89 bits per heavy atom. The van der Waals surface area contributed by atoms with Crippen molar-refractivity contribution in [2.45, 2.75) is 32.6 Å². The summed E-state index contributed by atoms with van der Waals surface area (Å²) in [5.74, 6) is 0.928. The number of alkyl halides is 1. The van der Waals surface area contributed by atoms with Gasteiger partial charge in [-0.2, -0.15) is 0 Å². The maximum atomic E-state index is 12.6. The van der Waals surface area contributed by atoms with Gasteiger partial charge in [0.25, 0.3) is 0 Å². The van der Waals surface area contributed by atoms with Crippen molar-refractivity contribution in [2.75, 3.05) is 19.0 Å². The van der Waals surface area contributed by atoms with Gasteiger partial charge in [-0.1, -0.05) is 37.6 Å². The predicted octanol–water partition coefficient (Wildman–Crippen LogP) is 3.27. The van der Waals surface area contributed by atoms with E-state index in [4.69, 9.17) is 11.6 Å². The molecule has 0 fully saturated rings. The highest BCUT2D eigenvalue weighted by molar-refractivity contribution is 6.18.